The van der Waals surface area contributed by atoms with Gasteiger partial charge in [-0.3, -0.25) is 0 Å². The van der Waals surface area contributed by atoms with Gasteiger partial charge >= 0.3 is 0 Å². The molecule has 2 heterocycles. The first-order valence-electron chi connectivity index (χ1n) is 4.28. The van der Waals surface area contributed by atoms with E-state index in [0.29, 0.717) is 5.28 Å². The van der Waals surface area contributed by atoms with Crippen LogP contribution in [0.25, 0.3) is 0 Å². The van der Waals surface area contributed by atoms with E-state index in [4.69, 9.17) is 11.6 Å². The van der Waals surface area contributed by atoms with Crippen molar-refractivity contribution in [2.24, 2.45) is 0 Å². The predicted molar refractivity (Wildman–Crippen MR) is 55.1 cm³/mol. The van der Waals surface area contributed by atoms with Crippen molar-refractivity contribution >= 4 is 23.4 Å². The number of aromatic nitrogens is 2. The van der Waals surface area contributed by atoms with Gasteiger partial charge in [-0.1, -0.05) is 6.92 Å². The molecular formula is C9H10ClN2S. The van der Waals surface area contributed by atoms with Crippen molar-refractivity contribution in [3.8, 4) is 0 Å². The van der Waals surface area contributed by atoms with Gasteiger partial charge in [0.1, 0.15) is 0 Å². The lowest BCUT2D eigenvalue weighted by molar-refractivity contribution is 0.855. The Morgan fingerprint density at radius 3 is 3.08 bits per heavy atom. The zero-order valence-electron chi connectivity index (χ0n) is 7.22. The van der Waals surface area contributed by atoms with Gasteiger partial charge in [0.15, 0.2) is 0 Å². The molecule has 1 aliphatic rings. The first kappa shape index (κ1) is 9.28. The van der Waals surface area contributed by atoms with Crippen LogP contribution in [-0.2, 0) is 12.8 Å². The summed E-state index contributed by atoms with van der Waals surface area (Å²) < 4.78 is 0. The summed E-state index contributed by atoms with van der Waals surface area (Å²) in [5.41, 5.74) is 2.20. The van der Waals surface area contributed by atoms with Crippen LogP contribution in [0, 0.1) is 6.92 Å². The van der Waals surface area contributed by atoms with Crippen molar-refractivity contribution in [3.63, 3.8) is 0 Å². The van der Waals surface area contributed by atoms with E-state index in [1.54, 1.807) is 0 Å². The molecule has 1 aromatic rings. The molecule has 4 heteroatoms. The van der Waals surface area contributed by atoms with E-state index in [9.17, 15) is 0 Å². The summed E-state index contributed by atoms with van der Waals surface area (Å²) in [6, 6.07) is 0. The Morgan fingerprint density at radius 2 is 2.31 bits per heavy atom. The number of thioether (sulfide) groups is 1. The van der Waals surface area contributed by atoms with Crippen LogP contribution in [0.1, 0.15) is 17.8 Å². The number of aryl methyl sites for hydroxylation is 2. The Labute approximate surface area is 87.1 Å². The second-order valence-electron chi connectivity index (χ2n) is 2.92. The number of hydrogen-bond acceptors (Lipinski definition) is 3. The van der Waals surface area contributed by atoms with Crippen molar-refractivity contribution in [3.05, 3.63) is 23.6 Å². The van der Waals surface area contributed by atoms with Gasteiger partial charge in [0.25, 0.3) is 0 Å². The lowest BCUT2D eigenvalue weighted by Gasteiger charge is -2.04. The number of hydrogen-bond donors (Lipinski definition) is 0. The number of fused-ring (bicyclic) bond motifs is 1. The van der Waals surface area contributed by atoms with Crippen LogP contribution in [0.15, 0.2) is 4.90 Å². The lowest BCUT2D eigenvalue weighted by atomic mass is 10.2. The van der Waals surface area contributed by atoms with E-state index in [0.717, 1.165) is 36.4 Å². The molecule has 69 valence electrons. The van der Waals surface area contributed by atoms with E-state index in [1.165, 1.54) is 4.90 Å². The first-order valence-corrected chi connectivity index (χ1v) is 5.65. The third kappa shape index (κ3) is 1.81. The molecule has 0 atom stereocenters. The Bertz CT molecular complexity index is 328. The van der Waals surface area contributed by atoms with Gasteiger partial charge in [0.2, 0.25) is 5.28 Å². The SMILES string of the molecule is [CH2]CCc1nc(Cl)nc2c1SCC2. The summed E-state index contributed by atoms with van der Waals surface area (Å²) in [5.74, 6) is 1.11. The minimum Gasteiger partial charge on any atom is -0.222 e. The smallest absolute Gasteiger partial charge is 0.222 e. The van der Waals surface area contributed by atoms with E-state index >= 15 is 0 Å². The topological polar surface area (TPSA) is 25.8 Å². The normalized spacial score (nSPS) is 14.6. The van der Waals surface area contributed by atoms with Crippen molar-refractivity contribution in [2.45, 2.75) is 24.2 Å². The molecule has 2 nitrogen and oxygen atoms in total. The average Bonchev–Trinajstić information content (AvgIpc) is 2.52. The Hall–Kier alpha value is -0.280. The molecule has 1 radical (unpaired) electrons. The lowest BCUT2D eigenvalue weighted by Crippen LogP contribution is -1.98. The van der Waals surface area contributed by atoms with Crippen LogP contribution in [0.3, 0.4) is 0 Å². The highest BCUT2D eigenvalue weighted by Gasteiger charge is 2.18. The fourth-order valence-electron chi connectivity index (χ4n) is 1.44. The van der Waals surface area contributed by atoms with Crippen LogP contribution >= 0.6 is 23.4 Å². The molecule has 0 bridgehead atoms. The van der Waals surface area contributed by atoms with E-state index < -0.39 is 0 Å². The fraction of sp³-hybridized carbons (Fsp3) is 0.444. The molecule has 0 spiro atoms. The summed E-state index contributed by atoms with van der Waals surface area (Å²) in [5, 5.41) is 0.379. The molecule has 13 heavy (non-hydrogen) atoms. The second-order valence-corrected chi connectivity index (χ2v) is 4.36. The number of nitrogens with zero attached hydrogens (tertiary/aromatic N) is 2. The van der Waals surface area contributed by atoms with Gasteiger partial charge in [0.05, 0.1) is 16.3 Å². The van der Waals surface area contributed by atoms with Crippen LogP contribution in [0.4, 0.5) is 0 Å². The minimum absolute atomic E-state index is 0.379. The van der Waals surface area contributed by atoms with E-state index in [2.05, 4.69) is 16.9 Å². The molecule has 0 N–H and O–H groups in total. The van der Waals surface area contributed by atoms with Gasteiger partial charge in [0, 0.05) is 12.2 Å². The maximum absolute atomic E-state index is 5.81. The van der Waals surface area contributed by atoms with E-state index in [1.807, 2.05) is 11.8 Å². The molecule has 1 aliphatic heterocycles. The highest BCUT2D eigenvalue weighted by atomic mass is 35.5. The molecular weight excluding hydrogens is 204 g/mol. The van der Waals surface area contributed by atoms with Gasteiger partial charge in [-0.2, -0.15) is 0 Å². The highest BCUT2D eigenvalue weighted by Crippen LogP contribution is 2.33. The number of halogens is 1. The summed E-state index contributed by atoms with van der Waals surface area (Å²) in [6.45, 7) is 3.82. The van der Waals surface area contributed by atoms with Gasteiger partial charge in [-0.15, -0.1) is 11.8 Å². The largest absolute Gasteiger partial charge is 0.222 e. The molecule has 0 aromatic carbocycles. The van der Waals surface area contributed by atoms with Crippen LogP contribution in [-0.4, -0.2) is 15.7 Å². The quantitative estimate of drug-likeness (QED) is 0.707. The minimum atomic E-state index is 0.379. The van der Waals surface area contributed by atoms with Crippen LogP contribution in [0.5, 0.6) is 0 Å². The Balaban J connectivity index is 2.43. The maximum Gasteiger partial charge on any atom is 0.222 e. The molecule has 0 unspecified atom stereocenters. The van der Waals surface area contributed by atoms with Crippen LogP contribution < -0.4 is 0 Å². The van der Waals surface area contributed by atoms with Crippen molar-refractivity contribution in [1.82, 2.24) is 9.97 Å². The zero-order valence-corrected chi connectivity index (χ0v) is 8.79. The van der Waals surface area contributed by atoms with E-state index in [-0.39, 0.29) is 0 Å². The van der Waals surface area contributed by atoms with Gasteiger partial charge in [-0.05, 0) is 24.4 Å². The van der Waals surface area contributed by atoms with Crippen molar-refractivity contribution < 1.29 is 0 Å². The standard InChI is InChI=1S/C9H10ClN2S/c1-2-3-6-8-7(4-5-13-8)12-9(10)11-6/h1-5H2. The first-order chi connectivity index (χ1) is 6.31. The molecule has 1 aromatic heterocycles. The molecule has 0 fully saturated rings. The maximum atomic E-state index is 5.81. The molecule has 0 saturated carbocycles. The summed E-state index contributed by atoms with van der Waals surface area (Å²) in [6.07, 6.45) is 2.78. The van der Waals surface area contributed by atoms with Gasteiger partial charge < -0.3 is 0 Å². The van der Waals surface area contributed by atoms with Crippen molar-refractivity contribution in [2.75, 3.05) is 5.75 Å². The number of rotatable bonds is 2. The molecule has 2 rings (SSSR count). The average molecular weight is 214 g/mol. The summed E-state index contributed by atoms with van der Waals surface area (Å²) in [7, 11) is 0. The second kappa shape index (κ2) is 3.84. The fourth-order valence-corrected chi connectivity index (χ4v) is 2.77. The molecule has 0 aliphatic carbocycles. The Kier molecular flexibility index (Phi) is 2.74. The van der Waals surface area contributed by atoms with Crippen molar-refractivity contribution in [1.29, 1.82) is 0 Å². The summed E-state index contributed by atoms with van der Waals surface area (Å²) >= 11 is 7.64. The predicted octanol–water partition coefficient (Wildman–Crippen LogP) is 2.54. The monoisotopic (exact) mass is 213 g/mol. The van der Waals surface area contributed by atoms with Gasteiger partial charge in [-0.25, -0.2) is 9.97 Å². The Morgan fingerprint density at radius 1 is 1.46 bits per heavy atom. The summed E-state index contributed by atoms with van der Waals surface area (Å²) in [4.78, 5) is 9.68. The zero-order chi connectivity index (χ0) is 9.26. The molecule has 0 amide bonds. The highest BCUT2D eigenvalue weighted by molar-refractivity contribution is 7.99. The molecule has 0 saturated heterocycles. The third-order valence-corrected chi connectivity index (χ3v) is 3.31. The third-order valence-electron chi connectivity index (χ3n) is 1.98. The van der Waals surface area contributed by atoms with Crippen LogP contribution in [0.2, 0.25) is 5.28 Å².